The van der Waals surface area contributed by atoms with E-state index >= 15 is 0 Å². The molecule has 0 spiro atoms. The number of carbonyl (C=O) groups is 1. The van der Waals surface area contributed by atoms with Crippen molar-refractivity contribution in [1.29, 1.82) is 0 Å². The minimum atomic E-state index is -0.825. The molecule has 0 fully saturated rings. The van der Waals surface area contributed by atoms with Gasteiger partial charge in [-0.05, 0) is 41.8 Å². The maximum absolute atomic E-state index is 11.6. The van der Waals surface area contributed by atoms with Gasteiger partial charge in [0.05, 0.1) is 0 Å². The number of carboxylic acid groups (broad SMARTS) is 1. The van der Waals surface area contributed by atoms with Gasteiger partial charge >= 0.3 is 5.97 Å². The molecule has 0 aliphatic carbocycles. The lowest BCUT2D eigenvalue weighted by Gasteiger charge is -2.32. The predicted molar refractivity (Wildman–Crippen MR) is 101 cm³/mol. The number of hydrogen-bond donors (Lipinski definition) is 2. The molecule has 2 aliphatic heterocycles. The Bertz CT molecular complexity index is 835. The second-order valence-corrected chi connectivity index (χ2v) is 6.99. The number of anilines is 2. The Kier molecular flexibility index (Phi) is 4.14. The Hall–Kier alpha value is -2.46. The smallest absolute Gasteiger partial charge is 0.326 e. The zero-order chi connectivity index (χ0) is 17.4. The Morgan fingerprint density at radius 3 is 2.76 bits per heavy atom. The SMILES string of the molecule is O=C(O)C1CC(C2=CCN(c3ccccc3)C2)c2ccc(Cl)cc2N1. The molecule has 2 heterocycles. The van der Waals surface area contributed by atoms with Crippen LogP contribution in [-0.4, -0.2) is 30.2 Å². The summed E-state index contributed by atoms with van der Waals surface area (Å²) < 4.78 is 0. The van der Waals surface area contributed by atoms with Gasteiger partial charge in [-0.2, -0.15) is 0 Å². The van der Waals surface area contributed by atoms with Crippen LogP contribution in [0.2, 0.25) is 5.02 Å². The quantitative estimate of drug-likeness (QED) is 0.813. The van der Waals surface area contributed by atoms with E-state index in [0.29, 0.717) is 11.4 Å². The summed E-state index contributed by atoms with van der Waals surface area (Å²) in [5.74, 6) is -0.725. The molecular formula is C20H19ClN2O2. The van der Waals surface area contributed by atoms with E-state index in [1.165, 1.54) is 11.3 Å². The number of aliphatic carboxylic acids is 1. The highest BCUT2D eigenvalue weighted by atomic mass is 35.5. The molecule has 0 aromatic heterocycles. The van der Waals surface area contributed by atoms with Crippen LogP contribution in [0.15, 0.2) is 60.2 Å². The van der Waals surface area contributed by atoms with E-state index in [1.807, 2.05) is 36.4 Å². The van der Waals surface area contributed by atoms with Crippen molar-refractivity contribution in [2.45, 2.75) is 18.4 Å². The molecule has 128 valence electrons. The monoisotopic (exact) mass is 354 g/mol. The highest BCUT2D eigenvalue weighted by molar-refractivity contribution is 6.30. The van der Waals surface area contributed by atoms with Crippen molar-refractivity contribution >= 4 is 28.9 Å². The topological polar surface area (TPSA) is 52.6 Å². The summed E-state index contributed by atoms with van der Waals surface area (Å²) >= 11 is 6.10. The van der Waals surface area contributed by atoms with Gasteiger partial charge < -0.3 is 15.3 Å². The van der Waals surface area contributed by atoms with Crippen molar-refractivity contribution in [3.8, 4) is 0 Å². The Morgan fingerprint density at radius 1 is 1.20 bits per heavy atom. The van der Waals surface area contributed by atoms with Crippen LogP contribution in [-0.2, 0) is 4.79 Å². The molecule has 2 N–H and O–H groups in total. The minimum Gasteiger partial charge on any atom is -0.480 e. The van der Waals surface area contributed by atoms with Crippen molar-refractivity contribution in [2.75, 3.05) is 23.3 Å². The van der Waals surface area contributed by atoms with Gasteiger partial charge in [-0.3, -0.25) is 0 Å². The average molecular weight is 355 g/mol. The third-order valence-electron chi connectivity index (χ3n) is 5.01. The molecule has 4 nitrogen and oxygen atoms in total. The van der Waals surface area contributed by atoms with Crippen LogP contribution in [0.1, 0.15) is 17.9 Å². The van der Waals surface area contributed by atoms with Gasteiger partial charge in [0.1, 0.15) is 6.04 Å². The third kappa shape index (κ3) is 3.10. The molecule has 2 atom stereocenters. The molecule has 0 saturated heterocycles. The standard InChI is InChI=1S/C20H19ClN2O2/c21-14-6-7-16-17(11-19(20(24)25)22-18(16)10-14)13-8-9-23(12-13)15-4-2-1-3-5-15/h1-8,10,17,19,22H,9,11-12H2,(H,24,25). The van der Waals surface area contributed by atoms with E-state index in [-0.39, 0.29) is 5.92 Å². The molecular weight excluding hydrogens is 336 g/mol. The first-order valence-electron chi connectivity index (χ1n) is 8.39. The summed E-state index contributed by atoms with van der Waals surface area (Å²) in [6, 6.07) is 15.4. The van der Waals surface area contributed by atoms with Gasteiger partial charge in [0.25, 0.3) is 0 Å². The third-order valence-corrected chi connectivity index (χ3v) is 5.24. The fourth-order valence-electron chi connectivity index (χ4n) is 3.75. The summed E-state index contributed by atoms with van der Waals surface area (Å²) in [6.07, 6.45) is 2.79. The number of nitrogens with zero attached hydrogens (tertiary/aromatic N) is 1. The first-order chi connectivity index (χ1) is 12.1. The van der Waals surface area contributed by atoms with E-state index in [9.17, 15) is 9.90 Å². The number of para-hydroxylation sites is 1. The molecule has 2 unspecified atom stereocenters. The van der Waals surface area contributed by atoms with Crippen LogP contribution in [0.3, 0.4) is 0 Å². The number of carboxylic acids is 1. The van der Waals surface area contributed by atoms with Crippen molar-refractivity contribution in [2.24, 2.45) is 0 Å². The Balaban J connectivity index is 1.62. The van der Waals surface area contributed by atoms with Gasteiger partial charge in [0, 0.05) is 35.4 Å². The first kappa shape index (κ1) is 16.0. The molecule has 2 aromatic rings. The van der Waals surface area contributed by atoms with Crippen molar-refractivity contribution in [3.05, 3.63) is 70.8 Å². The summed E-state index contributed by atoms with van der Waals surface area (Å²) in [4.78, 5) is 13.9. The lowest BCUT2D eigenvalue weighted by Crippen LogP contribution is -2.36. The largest absolute Gasteiger partial charge is 0.480 e. The lowest BCUT2D eigenvalue weighted by molar-refractivity contribution is -0.138. The maximum Gasteiger partial charge on any atom is 0.326 e. The van der Waals surface area contributed by atoms with Crippen LogP contribution in [0.25, 0.3) is 0 Å². The van der Waals surface area contributed by atoms with Gasteiger partial charge in [0.2, 0.25) is 0 Å². The van der Waals surface area contributed by atoms with E-state index in [0.717, 1.165) is 24.3 Å². The molecule has 4 rings (SSSR count). The first-order valence-corrected chi connectivity index (χ1v) is 8.77. The molecule has 0 amide bonds. The highest BCUT2D eigenvalue weighted by Gasteiger charge is 2.34. The average Bonchev–Trinajstić information content (AvgIpc) is 3.11. The number of benzene rings is 2. The van der Waals surface area contributed by atoms with Crippen molar-refractivity contribution in [1.82, 2.24) is 0 Å². The number of nitrogens with one attached hydrogen (secondary N) is 1. The van der Waals surface area contributed by atoms with E-state index in [2.05, 4.69) is 28.4 Å². The fourth-order valence-corrected chi connectivity index (χ4v) is 3.92. The summed E-state index contributed by atoms with van der Waals surface area (Å²) in [7, 11) is 0. The summed E-state index contributed by atoms with van der Waals surface area (Å²) in [5.41, 5.74) is 4.42. The van der Waals surface area contributed by atoms with Crippen LogP contribution >= 0.6 is 11.6 Å². The molecule has 2 aliphatic rings. The van der Waals surface area contributed by atoms with Crippen LogP contribution in [0, 0.1) is 0 Å². The fraction of sp³-hybridized carbons (Fsp3) is 0.250. The number of hydrogen-bond acceptors (Lipinski definition) is 3. The van der Waals surface area contributed by atoms with Crippen molar-refractivity contribution < 1.29 is 9.90 Å². The summed E-state index contributed by atoms with van der Waals surface area (Å²) in [6.45, 7) is 1.67. The second-order valence-electron chi connectivity index (χ2n) is 6.55. The molecule has 0 bridgehead atoms. The maximum atomic E-state index is 11.6. The molecule has 5 heteroatoms. The predicted octanol–water partition coefficient (Wildman–Crippen LogP) is 4.14. The minimum absolute atomic E-state index is 0.100. The zero-order valence-corrected chi connectivity index (χ0v) is 14.4. The van der Waals surface area contributed by atoms with Gasteiger partial charge in [-0.1, -0.05) is 41.9 Å². The molecule has 0 radical (unpaired) electrons. The van der Waals surface area contributed by atoms with Crippen LogP contribution < -0.4 is 10.2 Å². The highest BCUT2D eigenvalue weighted by Crippen LogP contribution is 2.41. The van der Waals surface area contributed by atoms with Gasteiger partial charge in [-0.15, -0.1) is 0 Å². The van der Waals surface area contributed by atoms with Gasteiger partial charge in [0.15, 0.2) is 0 Å². The molecule has 2 aromatic carbocycles. The number of rotatable bonds is 3. The second kappa shape index (κ2) is 6.45. The lowest BCUT2D eigenvalue weighted by atomic mass is 9.82. The summed E-state index contributed by atoms with van der Waals surface area (Å²) in [5, 5.41) is 13.2. The Labute approximate surface area is 151 Å². The van der Waals surface area contributed by atoms with E-state index in [1.54, 1.807) is 0 Å². The van der Waals surface area contributed by atoms with Crippen LogP contribution in [0.4, 0.5) is 11.4 Å². The Morgan fingerprint density at radius 2 is 2.00 bits per heavy atom. The normalized spacial score (nSPS) is 22.1. The van der Waals surface area contributed by atoms with Crippen molar-refractivity contribution in [3.63, 3.8) is 0 Å². The van der Waals surface area contributed by atoms with Gasteiger partial charge in [-0.25, -0.2) is 4.79 Å². The number of fused-ring (bicyclic) bond motifs is 1. The van der Waals surface area contributed by atoms with Crippen LogP contribution in [0.5, 0.6) is 0 Å². The molecule has 0 saturated carbocycles. The zero-order valence-electron chi connectivity index (χ0n) is 13.7. The molecule has 25 heavy (non-hydrogen) atoms. The van der Waals surface area contributed by atoms with E-state index < -0.39 is 12.0 Å². The van der Waals surface area contributed by atoms with E-state index in [4.69, 9.17) is 11.6 Å². The number of halogens is 1.